The number of nitrogens with zero attached hydrogens (tertiary/aromatic N) is 2. The van der Waals surface area contributed by atoms with E-state index in [1.165, 1.54) is 5.56 Å². The smallest absolute Gasteiger partial charge is 0.292 e. The van der Waals surface area contributed by atoms with Crippen molar-refractivity contribution in [1.82, 2.24) is 14.4 Å². The van der Waals surface area contributed by atoms with Crippen LogP contribution in [0.4, 0.5) is 0 Å². The van der Waals surface area contributed by atoms with Crippen LogP contribution in [0.25, 0.3) is 16.9 Å². The van der Waals surface area contributed by atoms with Crippen molar-refractivity contribution >= 4 is 18.3 Å². The van der Waals surface area contributed by atoms with Crippen molar-refractivity contribution in [3.05, 3.63) is 52.2 Å². The van der Waals surface area contributed by atoms with Crippen LogP contribution in [0.15, 0.2) is 40.3 Å². The van der Waals surface area contributed by atoms with Gasteiger partial charge in [-0.3, -0.25) is 9.20 Å². The normalized spacial score (nSPS) is 12.7. The molecule has 3 aromatic rings. The summed E-state index contributed by atoms with van der Waals surface area (Å²) in [4.78, 5) is 19.9. The molecule has 5 heteroatoms. The molecule has 4 rings (SSSR count). The predicted molar refractivity (Wildman–Crippen MR) is 71.3 cm³/mol. The maximum absolute atomic E-state index is 11.9. The average molecular weight is 255 g/mol. The summed E-state index contributed by atoms with van der Waals surface area (Å²) >= 11 is 4.35. The number of thiol groups is 1. The molecule has 0 saturated heterocycles. The highest BCUT2D eigenvalue weighted by Gasteiger charge is 2.22. The molecule has 2 aromatic heterocycles. The van der Waals surface area contributed by atoms with Gasteiger partial charge in [-0.15, -0.1) is 12.6 Å². The third-order valence-corrected chi connectivity index (χ3v) is 3.66. The molecule has 18 heavy (non-hydrogen) atoms. The maximum Gasteiger partial charge on any atom is 0.292 e. The minimum absolute atomic E-state index is 0.151. The van der Waals surface area contributed by atoms with Gasteiger partial charge in [0.2, 0.25) is 5.65 Å². The highest BCUT2D eigenvalue weighted by atomic mass is 32.1. The molecule has 0 unspecified atom stereocenters. The first-order valence-electron chi connectivity index (χ1n) is 5.64. The number of hydrogen-bond acceptors (Lipinski definition) is 3. The van der Waals surface area contributed by atoms with Crippen molar-refractivity contribution in [1.29, 1.82) is 0 Å². The van der Waals surface area contributed by atoms with Gasteiger partial charge in [-0.25, -0.2) is 4.98 Å². The summed E-state index contributed by atoms with van der Waals surface area (Å²) in [6.07, 6.45) is 4.28. The van der Waals surface area contributed by atoms with Gasteiger partial charge in [0, 0.05) is 29.3 Å². The van der Waals surface area contributed by atoms with E-state index in [1.54, 1.807) is 6.20 Å². The molecule has 0 atom stereocenters. The monoisotopic (exact) mass is 255 g/mol. The van der Waals surface area contributed by atoms with Crippen molar-refractivity contribution in [3.63, 3.8) is 0 Å². The van der Waals surface area contributed by atoms with E-state index in [1.807, 2.05) is 28.8 Å². The molecule has 0 aliphatic heterocycles. The van der Waals surface area contributed by atoms with E-state index >= 15 is 0 Å². The predicted octanol–water partition coefficient (Wildman–Crippen LogP) is 1.88. The molecule has 1 aliphatic carbocycles. The number of rotatable bonds is 0. The number of aromatic nitrogens is 3. The van der Waals surface area contributed by atoms with Gasteiger partial charge in [-0.1, -0.05) is 6.07 Å². The van der Waals surface area contributed by atoms with Crippen LogP contribution in [0.5, 0.6) is 0 Å². The molecule has 88 valence electrons. The van der Waals surface area contributed by atoms with Gasteiger partial charge in [0.1, 0.15) is 0 Å². The van der Waals surface area contributed by atoms with E-state index in [4.69, 9.17) is 0 Å². The van der Waals surface area contributed by atoms with Crippen LogP contribution in [0.1, 0.15) is 11.3 Å². The maximum atomic E-state index is 11.9. The molecule has 0 saturated carbocycles. The molecular weight excluding hydrogens is 246 g/mol. The Bertz CT molecular complexity index is 847. The van der Waals surface area contributed by atoms with Crippen LogP contribution in [0.3, 0.4) is 0 Å². The Morgan fingerprint density at radius 1 is 1.39 bits per heavy atom. The Morgan fingerprint density at radius 3 is 3.17 bits per heavy atom. The number of H-pyrrole nitrogens is 1. The molecule has 1 aromatic carbocycles. The molecule has 0 radical (unpaired) electrons. The second-order valence-corrected chi connectivity index (χ2v) is 4.93. The fourth-order valence-corrected chi connectivity index (χ4v) is 2.83. The van der Waals surface area contributed by atoms with Crippen molar-refractivity contribution in [2.75, 3.05) is 0 Å². The summed E-state index contributed by atoms with van der Waals surface area (Å²) in [5, 5.41) is 0. The topological polar surface area (TPSA) is 50.2 Å². The molecule has 4 nitrogen and oxygen atoms in total. The molecule has 0 fully saturated rings. The minimum Gasteiger partial charge on any atom is -0.317 e. The lowest BCUT2D eigenvalue weighted by molar-refractivity contribution is 1.00. The van der Waals surface area contributed by atoms with E-state index in [2.05, 4.69) is 22.6 Å². The largest absolute Gasteiger partial charge is 0.317 e. The number of benzene rings is 1. The lowest BCUT2D eigenvalue weighted by Gasteiger charge is -2.03. The Labute approximate surface area is 108 Å². The average Bonchev–Trinajstić information content (AvgIpc) is 2.93. The van der Waals surface area contributed by atoms with E-state index in [9.17, 15) is 4.79 Å². The zero-order chi connectivity index (χ0) is 12.3. The van der Waals surface area contributed by atoms with E-state index in [-0.39, 0.29) is 5.56 Å². The van der Waals surface area contributed by atoms with E-state index in [0.29, 0.717) is 5.65 Å². The van der Waals surface area contributed by atoms with Gasteiger partial charge in [-0.2, -0.15) is 0 Å². The van der Waals surface area contributed by atoms with Gasteiger partial charge >= 0.3 is 0 Å². The van der Waals surface area contributed by atoms with Gasteiger partial charge in [-0.05, 0) is 17.7 Å². The quantitative estimate of drug-likeness (QED) is 0.471. The summed E-state index contributed by atoms with van der Waals surface area (Å²) in [5.74, 6) is 0. The highest BCUT2D eigenvalue weighted by molar-refractivity contribution is 7.80. The number of aromatic amines is 1. The molecule has 1 aliphatic rings. The van der Waals surface area contributed by atoms with Gasteiger partial charge in [0.05, 0.1) is 11.4 Å². The van der Waals surface area contributed by atoms with Gasteiger partial charge < -0.3 is 4.98 Å². The number of fused-ring (bicyclic) bond motifs is 5. The van der Waals surface area contributed by atoms with Crippen LogP contribution in [0, 0.1) is 0 Å². The first-order chi connectivity index (χ1) is 8.74. The van der Waals surface area contributed by atoms with E-state index in [0.717, 1.165) is 28.3 Å². The van der Waals surface area contributed by atoms with Crippen molar-refractivity contribution < 1.29 is 0 Å². The Balaban J connectivity index is 2.13. The number of hydrogen-bond donors (Lipinski definition) is 2. The minimum atomic E-state index is -0.151. The number of imidazole rings is 1. The van der Waals surface area contributed by atoms with Crippen LogP contribution in [-0.2, 0) is 6.42 Å². The zero-order valence-corrected chi connectivity index (χ0v) is 10.2. The lowest BCUT2D eigenvalue weighted by Crippen LogP contribution is -2.13. The third-order valence-electron chi connectivity index (χ3n) is 3.38. The van der Waals surface area contributed by atoms with Crippen molar-refractivity contribution in [3.8, 4) is 11.3 Å². The molecule has 2 heterocycles. The molecule has 1 N–H and O–H groups in total. The lowest BCUT2D eigenvalue weighted by atomic mass is 10.1. The first kappa shape index (κ1) is 9.96. The second kappa shape index (κ2) is 3.26. The van der Waals surface area contributed by atoms with E-state index < -0.39 is 0 Å². The van der Waals surface area contributed by atoms with Gasteiger partial charge in [0.25, 0.3) is 5.56 Å². The summed E-state index contributed by atoms with van der Waals surface area (Å²) in [5.41, 5.74) is 4.55. The fraction of sp³-hybridized carbons (Fsp3) is 0.0769. The molecule has 0 bridgehead atoms. The summed E-state index contributed by atoms with van der Waals surface area (Å²) in [6, 6.07) is 5.98. The standard InChI is InChI=1S/C13H9N3OS/c17-13-12-14-3-4-16(12)10-6-7-5-8(18)1-2-9(7)11(10)15-13/h1-5,18H,6H2,(H,15,17). The molecule has 0 spiro atoms. The molecular formula is C13H9N3OS. The van der Waals surface area contributed by atoms with Crippen LogP contribution >= 0.6 is 12.6 Å². The summed E-state index contributed by atoms with van der Waals surface area (Å²) < 4.78 is 1.87. The van der Waals surface area contributed by atoms with Crippen molar-refractivity contribution in [2.45, 2.75) is 11.3 Å². The Kier molecular flexibility index (Phi) is 1.81. The first-order valence-corrected chi connectivity index (χ1v) is 6.09. The Hall–Kier alpha value is -2.01. The fourth-order valence-electron chi connectivity index (χ4n) is 2.60. The highest BCUT2D eigenvalue weighted by Crippen LogP contribution is 2.35. The summed E-state index contributed by atoms with van der Waals surface area (Å²) in [6.45, 7) is 0. The van der Waals surface area contributed by atoms with Crippen LogP contribution < -0.4 is 5.56 Å². The molecule has 0 amide bonds. The summed E-state index contributed by atoms with van der Waals surface area (Å²) in [7, 11) is 0. The van der Waals surface area contributed by atoms with Crippen molar-refractivity contribution in [2.24, 2.45) is 0 Å². The second-order valence-electron chi connectivity index (χ2n) is 4.41. The Morgan fingerprint density at radius 2 is 2.28 bits per heavy atom. The van der Waals surface area contributed by atoms with Crippen LogP contribution in [0.2, 0.25) is 0 Å². The van der Waals surface area contributed by atoms with Crippen LogP contribution in [-0.4, -0.2) is 14.4 Å². The number of nitrogens with one attached hydrogen (secondary N) is 1. The zero-order valence-electron chi connectivity index (χ0n) is 9.34. The SMILES string of the molecule is O=c1[nH]c2c(n3ccnc13)Cc1cc(S)ccc1-2. The van der Waals surface area contributed by atoms with Gasteiger partial charge in [0.15, 0.2) is 0 Å². The third kappa shape index (κ3) is 1.17.